The number of anilines is 1. The average molecular weight is 353 g/mol. The van der Waals surface area contributed by atoms with Crippen LogP contribution in [0, 0.1) is 10.1 Å². The number of aromatic nitrogens is 2. The first kappa shape index (κ1) is 17.6. The minimum Gasteiger partial charge on any atom is -0.345 e. The van der Waals surface area contributed by atoms with Gasteiger partial charge in [0.15, 0.2) is 0 Å². The predicted molar refractivity (Wildman–Crippen MR) is 99.4 cm³/mol. The molecule has 0 radical (unpaired) electrons. The molecule has 1 heterocycles. The minimum absolute atomic E-state index is 0.0549. The summed E-state index contributed by atoms with van der Waals surface area (Å²) >= 11 is 0. The van der Waals surface area contributed by atoms with Crippen LogP contribution in [0.15, 0.2) is 42.7 Å². The quantitative estimate of drug-likeness (QED) is 0.524. The molecule has 0 fully saturated rings. The molecule has 0 spiro atoms. The van der Waals surface area contributed by atoms with Gasteiger partial charge in [-0.2, -0.15) is 0 Å². The number of H-pyrrole nitrogens is 1. The number of nitrogens with zero attached hydrogens (tertiary/aromatic N) is 3. The van der Waals surface area contributed by atoms with Crippen LogP contribution in [0.5, 0.6) is 0 Å². The average Bonchev–Trinajstić information content (AvgIpc) is 3.08. The number of aromatic amines is 1. The van der Waals surface area contributed by atoms with Gasteiger partial charge in [0.2, 0.25) is 0 Å². The summed E-state index contributed by atoms with van der Waals surface area (Å²) in [6, 6.07) is 9.93. The number of likely N-dealkylation sites (N-methyl/N-ethyl adjacent to an activating group) is 1. The summed E-state index contributed by atoms with van der Waals surface area (Å²) in [5.41, 5.74) is 2.95. The second-order valence-corrected chi connectivity index (χ2v) is 6.21. The van der Waals surface area contributed by atoms with Crippen LogP contribution >= 0.6 is 0 Å². The zero-order chi connectivity index (χ0) is 18.7. The van der Waals surface area contributed by atoms with E-state index in [4.69, 9.17) is 0 Å². The van der Waals surface area contributed by atoms with Gasteiger partial charge in [0.05, 0.1) is 22.3 Å². The molecule has 3 rings (SSSR count). The lowest BCUT2D eigenvalue weighted by Gasteiger charge is -2.11. The van der Waals surface area contributed by atoms with Gasteiger partial charge in [0, 0.05) is 23.9 Å². The molecular weight excluding hydrogens is 334 g/mol. The van der Waals surface area contributed by atoms with Gasteiger partial charge in [-0.3, -0.25) is 14.9 Å². The van der Waals surface area contributed by atoms with Crippen molar-refractivity contribution in [1.82, 2.24) is 14.9 Å². The molecule has 0 unspecified atom stereocenters. The Morgan fingerprint density at radius 2 is 2.12 bits per heavy atom. The normalized spacial score (nSPS) is 11.0. The largest absolute Gasteiger partial charge is 0.345 e. The lowest BCUT2D eigenvalue weighted by molar-refractivity contribution is -0.385. The molecule has 134 valence electrons. The molecule has 26 heavy (non-hydrogen) atoms. The smallest absolute Gasteiger partial charge is 0.272 e. The monoisotopic (exact) mass is 353 g/mol. The molecule has 0 saturated heterocycles. The molecule has 3 aromatic rings. The second-order valence-electron chi connectivity index (χ2n) is 6.21. The number of hydrogen-bond acceptors (Lipinski definition) is 5. The SMILES string of the molecule is CN(C)CCc1cc(NC(=O)c2cccc3[nH]cnc23)ccc1[N+](=O)[O-]. The number of carbonyl (C=O) groups excluding carboxylic acids is 1. The van der Waals surface area contributed by atoms with Crippen molar-refractivity contribution < 1.29 is 9.72 Å². The highest BCUT2D eigenvalue weighted by Gasteiger charge is 2.17. The summed E-state index contributed by atoms with van der Waals surface area (Å²) in [6.07, 6.45) is 2.05. The van der Waals surface area contributed by atoms with Crippen molar-refractivity contribution in [3.8, 4) is 0 Å². The fourth-order valence-corrected chi connectivity index (χ4v) is 2.73. The van der Waals surface area contributed by atoms with Gasteiger partial charge < -0.3 is 15.2 Å². The fraction of sp³-hybridized carbons (Fsp3) is 0.222. The Morgan fingerprint density at radius 3 is 2.85 bits per heavy atom. The van der Waals surface area contributed by atoms with E-state index in [9.17, 15) is 14.9 Å². The number of rotatable bonds is 6. The number of hydrogen-bond donors (Lipinski definition) is 2. The molecule has 8 nitrogen and oxygen atoms in total. The van der Waals surface area contributed by atoms with E-state index >= 15 is 0 Å². The first-order valence-corrected chi connectivity index (χ1v) is 8.11. The number of fused-ring (bicyclic) bond motifs is 1. The summed E-state index contributed by atoms with van der Waals surface area (Å²) in [5, 5.41) is 14.0. The van der Waals surface area contributed by atoms with Crippen LogP contribution in [0.1, 0.15) is 15.9 Å². The Hall–Kier alpha value is -3.26. The van der Waals surface area contributed by atoms with E-state index in [2.05, 4.69) is 15.3 Å². The van der Waals surface area contributed by atoms with Crippen LogP contribution in [0.25, 0.3) is 11.0 Å². The van der Waals surface area contributed by atoms with Crippen molar-refractivity contribution in [2.45, 2.75) is 6.42 Å². The van der Waals surface area contributed by atoms with Crippen molar-refractivity contribution in [2.24, 2.45) is 0 Å². The third-order valence-electron chi connectivity index (χ3n) is 4.06. The van der Waals surface area contributed by atoms with Gasteiger partial charge in [-0.05, 0) is 44.8 Å². The van der Waals surface area contributed by atoms with Gasteiger partial charge in [-0.1, -0.05) is 6.07 Å². The van der Waals surface area contributed by atoms with Crippen molar-refractivity contribution in [2.75, 3.05) is 26.0 Å². The Bertz CT molecular complexity index is 964. The number of para-hydroxylation sites is 1. The Balaban J connectivity index is 1.87. The highest BCUT2D eigenvalue weighted by atomic mass is 16.6. The molecule has 0 saturated carbocycles. The maximum atomic E-state index is 12.6. The Kier molecular flexibility index (Phi) is 4.94. The minimum atomic E-state index is -0.402. The maximum absolute atomic E-state index is 12.6. The standard InChI is InChI=1S/C18H19N5O3/c1-22(2)9-8-12-10-13(6-7-16(12)23(25)26)21-18(24)14-4-3-5-15-17(14)20-11-19-15/h3-7,10-11H,8-9H2,1-2H3,(H,19,20)(H,21,24). The van der Waals surface area contributed by atoms with Gasteiger partial charge in [0.25, 0.3) is 11.6 Å². The summed E-state index contributed by atoms with van der Waals surface area (Å²) in [4.78, 5) is 32.5. The van der Waals surface area contributed by atoms with Gasteiger partial charge >= 0.3 is 0 Å². The van der Waals surface area contributed by atoms with Crippen LogP contribution in [0.3, 0.4) is 0 Å². The summed E-state index contributed by atoms with van der Waals surface area (Å²) < 4.78 is 0. The van der Waals surface area contributed by atoms with E-state index in [1.807, 2.05) is 25.1 Å². The number of nitrogens with one attached hydrogen (secondary N) is 2. The van der Waals surface area contributed by atoms with Crippen molar-refractivity contribution in [3.05, 3.63) is 64.0 Å². The van der Waals surface area contributed by atoms with E-state index in [0.29, 0.717) is 35.3 Å². The number of amides is 1. The first-order valence-electron chi connectivity index (χ1n) is 8.11. The van der Waals surface area contributed by atoms with E-state index in [1.165, 1.54) is 12.4 Å². The number of nitro benzene ring substituents is 1. The fourth-order valence-electron chi connectivity index (χ4n) is 2.73. The first-order chi connectivity index (χ1) is 12.5. The molecule has 0 bridgehead atoms. The third-order valence-corrected chi connectivity index (χ3v) is 4.06. The van der Waals surface area contributed by atoms with Crippen LogP contribution < -0.4 is 5.32 Å². The van der Waals surface area contributed by atoms with E-state index < -0.39 is 4.92 Å². The lowest BCUT2D eigenvalue weighted by Crippen LogP contribution is -2.16. The highest BCUT2D eigenvalue weighted by Crippen LogP contribution is 2.24. The molecule has 0 atom stereocenters. The van der Waals surface area contributed by atoms with Crippen molar-refractivity contribution in [1.29, 1.82) is 0 Å². The molecule has 0 aliphatic carbocycles. The van der Waals surface area contributed by atoms with Crippen molar-refractivity contribution in [3.63, 3.8) is 0 Å². The van der Waals surface area contributed by atoms with Crippen LogP contribution in [0.2, 0.25) is 0 Å². The Morgan fingerprint density at radius 1 is 1.31 bits per heavy atom. The van der Waals surface area contributed by atoms with E-state index in [1.54, 1.807) is 24.3 Å². The molecule has 0 aliphatic heterocycles. The molecule has 0 aliphatic rings. The molecule has 2 aromatic carbocycles. The van der Waals surface area contributed by atoms with Crippen LogP contribution in [0.4, 0.5) is 11.4 Å². The zero-order valence-corrected chi connectivity index (χ0v) is 14.5. The second kappa shape index (κ2) is 7.32. The molecule has 2 N–H and O–H groups in total. The molecule has 1 aromatic heterocycles. The lowest BCUT2D eigenvalue weighted by atomic mass is 10.1. The topological polar surface area (TPSA) is 104 Å². The molecular formula is C18H19N5O3. The summed E-state index contributed by atoms with van der Waals surface area (Å²) in [7, 11) is 3.81. The van der Waals surface area contributed by atoms with Gasteiger partial charge in [0.1, 0.15) is 5.52 Å². The van der Waals surface area contributed by atoms with Crippen molar-refractivity contribution >= 4 is 28.3 Å². The zero-order valence-electron chi connectivity index (χ0n) is 14.5. The third kappa shape index (κ3) is 3.70. The molecule has 1 amide bonds. The predicted octanol–water partition coefficient (Wildman–Crippen LogP) is 2.83. The number of carbonyl (C=O) groups is 1. The molecule has 8 heteroatoms. The number of imidazole rings is 1. The summed E-state index contributed by atoms with van der Waals surface area (Å²) in [5.74, 6) is -0.310. The van der Waals surface area contributed by atoms with E-state index in [-0.39, 0.29) is 11.6 Å². The Labute approximate surface area is 150 Å². The summed E-state index contributed by atoms with van der Waals surface area (Å²) in [6.45, 7) is 0.671. The maximum Gasteiger partial charge on any atom is 0.272 e. The van der Waals surface area contributed by atoms with Gasteiger partial charge in [-0.15, -0.1) is 0 Å². The number of benzene rings is 2. The van der Waals surface area contributed by atoms with Gasteiger partial charge in [-0.25, -0.2) is 4.98 Å². The van der Waals surface area contributed by atoms with Crippen LogP contribution in [-0.2, 0) is 6.42 Å². The number of nitro groups is 1. The van der Waals surface area contributed by atoms with E-state index in [0.717, 1.165) is 5.52 Å². The van der Waals surface area contributed by atoms with Crippen LogP contribution in [-0.4, -0.2) is 46.3 Å². The highest BCUT2D eigenvalue weighted by molar-refractivity contribution is 6.11.